The summed E-state index contributed by atoms with van der Waals surface area (Å²) >= 11 is 6.10. The number of rotatable bonds is 3. The molecule has 5 heteroatoms. The van der Waals surface area contributed by atoms with Crippen LogP contribution in [0.3, 0.4) is 0 Å². The predicted octanol–water partition coefficient (Wildman–Crippen LogP) is 3.29. The van der Waals surface area contributed by atoms with Crippen LogP contribution in [0.1, 0.15) is 5.56 Å². The van der Waals surface area contributed by atoms with E-state index in [2.05, 4.69) is 16.9 Å². The van der Waals surface area contributed by atoms with E-state index in [0.717, 1.165) is 16.9 Å². The van der Waals surface area contributed by atoms with E-state index in [1.54, 1.807) is 36.5 Å². The van der Waals surface area contributed by atoms with Gasteiger partial charge in [-0.15, -0.1) is 0 Å². The summed E-state index contributed by atoms with van der Waals surface area (Å²) < 4.78 is 0. The average molecular weight is 261 g/mol. The number of nitrogens with zero attached hydrogens (tertiary/aromatic N) is 1. The van der Waals surface area contributed by atoms with Crippen molar-refractivity contribution in [1.29, 1.82) is 0 Å². The Kier molecular flexibility index (Phi) is 3.39. The third-order valence-corrected chi connectivity index (χ3v) is 2.80. The average Bonchev–Trinajstić information content (AvgIpc) is 2.33. The Labute approximate surface area is 110 Å². The van der Waals surface area contributed by atoms with E-state index in [0.29, 0.717) is 16.5 Å². The van der Waals surface area contributed by atoms with Crippen molar-refractivity contribution in [3.05, 3.63) is 47.6 Å². The van der Waals surface area contributed by atoms with Gasteiger partial charge in [-0.25, -0.2) is 4.98 Å². The number of nitrogen functional groups attached to an aromatic ring is 2. The fourth-order valence-corrected chi connectivity index (χ4v) is 1.83. The molecule has 0 fully saturated rings. The van der Waals surface area contributed by atoms with Crippen LogP contribution >= 0.6 is 11.6 Å². The smallest absolute Gasteiger partial charge is 0.132 e. The third kappa shape index (κ3) is 2.38. The highest BCUT2D eigenvalue weighted by Gasteiger charge is 2.06. The maximum Gasteiger partial charge on any atom is 0.132 e. The van der Waals surface area contributed by atoms with Gasteiger partial charge in [0.1, 0.15) is 5.82 Å². The highest BCUT2D eigenvalue weighted by atomic mass is 35.5. The van der Waals surface area contributed by atoms with Crippen LogP contribution in [0.4, 0.5) is 22.9 Å². The summed E-state index contributed by atoms with van der Waals surface area (Å²) in [6.07, 6.45) is 3.27. The Morgan fingerprint density at radius 3 is 2.67 bits per heavy atom. The summed E-state index contributed by atoms with van der Waals surface area (Å²) in [5, 5.41) is 3.72. The van der Waals surface area contributed by atoms with Crippen molar-refractivity contribution in [2.24, 2.45) is 0 Å². The molecule has 2 aromatic rings. The van der Waals surface area contributed by atoms with Gasteiger partial charge >= 0.3 is 0 Å². The molecule has 4 nitrogen and oxygen atoms in total. The molecule has 1 heterocycles. The quantitative estimate of drug-likeness (QED) is 0.740. The number of anilines is 4. The van der Waals surface area contributed by atoms with Gasteiger partial charge in [-0.1, -0.05) is 24.3 Å². The molecule has 0 amide bonds. The molecule has 0 spiro atoms. The standard InChI is InChI=1S/C13H13ClN4/c1-2-9-11(5-6-17-13(9)16)18-12-4-3-8(15)7-10(12)14/h2-7H,1,15H2,(H3,16,17,18). The maximum absolute atomic E-state index is 6.10. The van der Waals surface area contributed by atoms with Gasteiger partial charge < -0.3 is 16.8 Å². The lowest BCUT2D eigenvalue weighted by Gasteiger charge is -2.12. The summed E-state index contributed by atoms with van der Waals surface area (Å²) in [6.45, 7) is 3.72. The van der Waals surface area contributed by atoms with Gasteiger partial charge in [0.2, 0.25) is 0 Å². The lowest BCUT2D eigenvalue weighted by atomic mass is 10.2. The molecule has 0 saturated carbocycles. The molecule has 0 atom stereocenters. The maximum atomic E-state index is 6.10. The summed E-state index contributed by atoms with van der Waals surface area (Å²) in [7, 11) is 0. The highest BCUT2D eigenvalue weighted by molar-refractivity contribution is 6.33. The van der Waals surface area contributed by atoms with E-state index in [9.17, 15) is 0 Å². The second-order valence-corrected chi connectivity index (χ2v) is 4.13. The van der Waals surface area contributed by atoms with E-state index in [4.69, 9.17) is 23.1 Å². The number of benzene rings is 1. The van der Waals surface area contributed by atoms with Crippen LogP contribution in [0.15, 0.2) is 37.0 Å². The molecular weight excluding hydrogens is 248 g/mol. The molecule has 0 bridgehead atoms. The van der Waals surface area contributed by atoms with Crippen molar-refractivity contribution < 1.29 is 0 Å². The van der Waals surface area contributed by atoms with Crippen LogP contribution in [0.25, 0.3) is 6.08 Å². The lowest BCUT2D eigenvalue weighted by molar-refractivity contribution is 1.32. The van der Waals surface area contributed by atoms with Crippen LogP contribution in [0, 0.1) is 0 Å². The van der Waals surface area contributed by atoms with Crippen LogP contribution in [-0.4, -0.2) is 4.98 Å². The molecule has 2 rings (SSSR count). The third-order valence-electron chi connectivity index (χ3n) is 2.49. The van der Waals surface area contributed by atoms with Crippen molar-refractivity contribution in [2.45, 2.75) is 0 Å². The summed E-state index contributed by atoms with van der Waals surface area (Å²) in [4.78, 5) is 4.00. The first-order valence-corrected chi connectivity index (χ1v) is 5.68. The molecular formula is C13H13ClN4. The van der Waals surface area contributed by atoms with Gasteiger partial charge in [0.05, 0.1) is 16.4 Å². The number of nitrogens with two attached hydrogens (primary N) is 2. The van der Waals surface area contributed by atoms with E-state index >= 15 is 0 Å². The first kappa shape index (κ1) is 12.3. The highest BCUT2D eigenvalue weighted by Crippen LogP contribution is 2.30. The normalized spacial score (nSPS) is 10.1. The Hall–Kier alpha value is -2.20. The summed E-state index contributed by atoms with van der Waals surface area (Å²) in [5.41, 5.74) is 14.3. The minimum Gasteiger partial charge on any atom is -0.399 e. The van der Waals surface area contributed by atoms with Crippen molar-refractivity contribution in [1.82, 2.24) is 4.98 Å². The molecule has 92 valence electrons. The van der Waals surface area contributed by atoms with E-state index in [1.165, 1.54) is 0 Å². The van der Waals surface area contributed by atoms with Crippen LogP contribution in [0.5, 0.6) is 0 Å². The van der Waals surface area contributed by atoms with Crippen LogP contribution in [0.2, 0.25) is 5.02 Å². The van der Waals surface area contributed by atoms with E-state index < -0.39 is 0 Å². The molecule has 1 aromatic heterocycles. The zero-order valence-electron chi connectivity index (χ0n) is 9.65. The summed E-state index contributed by atoms with van der Waals surface area (Å²) in [5.74, 6) is 0.418. The summed E-state index contributed by atoms with van der Waals surface area (Å²) in [6, 6.07) is 7.07. The number of aromatic nitrogens is 1. The molecule has 5 N–H and O–H groups in total. The Bertz CT molecular complexity index is 596. The van der Waals surface area contributed by atoms with E-state index in [1.807, 2.05) is 0 Å². The van der Waals surface area contributed by atoms with Crippen LogP contribution < -0.4 is 16.8 Å². The minimum absolute atomic E-state index is 0.418. The molecule has 18 heavy (non-hydrogen) atoms. The van der Waals surface area contributed by atoms with Gasteiger partial charge in [0.15, 0.2) is 0 Å². The number of halogens is 1. The van der Waals surface area contributed by atoms with Gasteiger partial charge in [0, 0.05) is 17.4 Å². The molecule has 0 aliphatic rings. The fourth-order valence-electron chi connectivity index (χ4n) is 1.59. The molecule has 0 radical (unpaired) electrons. The topological polar surface area (TPSA) is 77.0 Å². The molecule has 0 unspecified atom stereocenters. The van der Waals surface area contributed by atoms with Crippen molar-refractivity contribution >= 4 is 40.6 Å². The fraction of sp³-hybridized carbons (Fsp3) is 0. The first-order chi connectivity index (χ1) is 8.61. The van der Waals surface area contributed by atoms with E-state index in [-0.39, 0.29) is 0 Å². The number of nitrogens with one attached hydrogen (secondary N) is 1. The zero-order valence-corrected chi connectivity index (χ0v) is 10.4. The van der Waals surface area contributed by atoms with Crippen molar-refractivity contribution in [2.75, 3.05) is 16.8 Å². The Balaban J connectivity index is 2.40. The number of hydrogen-bond acceptors (Lipinski definition) is 4. The van der Waals surface area contributed by atoms with Gasteiger partial charge in [0.25, 0.3) is 0 Å². The monoisotopic (exact) mass is 260 g/mol. The molecule has 0 aliphatic carbocycles. The van der Waals surface area contributed by atoms with Gasteiger partial charge in [-0.05, 0) is 24.3 Å². The number of pyridine rings is 1. The second kappa shape index (κ2) is 4.98. The Morgan fingerprint density at radius 1 is 1.22 bits per heavy atom. The van der Waals surface area contributed by atoms with Crippen LogP contribution in [-0.2, 0) is 0 Å². The SMILES string of the molecule is C=Cc1c(Nc2ccc(N)cc2Cl)ccnc1N. The predicted molar refractivity (Wildman–Crippen MR) is 77.9 cm³/mol. The molecule has 0 saturated heterocycles. The molecule has 1 aromatic carbocycles. The van der Waals surface area contributed by atoms with Crippen molar-refractivity contribution in [3.8, 4) is 0 Å². The molecule has 0 aliphatic heterocycles. The number of hydrogen-bond donors (Lipinski definition) is 3. The Morgan fingerprint density at radius 2 is 2.00 bits per heavy atom. The minimum atomic E-state index is 0.418. The zero-order chi connectivity index (χ0) is 13.1. The van der Waals surface area contributed by atoms with Gasteiger partial charge in [-0.3, -0.25) is 0 Å². The first-order valence-electron chi connectivity index (χ1n) is 5.31. The van der Waals surface area contributed by atoms with Crippen molar-refractivity contribution in [3.63, 3.8) is 0 Å². The van der Waals surface area contributed by atoms with Gasteiger partial charge in [-0.2, -0.15) is 0 Å². The second-order valence-electron chi connectivity index (χ2n) is 3.73. The lowest BCUT2D eigenvalue weighted by Crippen LogP contribution is -2.00. The largest absolute Gasteiger partial charge is 0.399 e.